The maximum Gasteiger partial charge on any atom is 0.338 e. The third-order valence-electron chi connectivity index (χ3n) is 5.32. The van der Waals surface area contributed by atoms with E-state index in [1.54, 1.807) is 13.0 Å². The summed E-state index contributed by atoms with van der Waals surface area (Å²) in [5.74, 6) is -0.360. The fourth-order valence-electron chi connectivity index (χ4n) is 4.15. The minimum atomic E-state index is -0.881. The molecule has 0 heterocycles. The third-order valence-corrected chi connectivity index (χ3v) is 5.32. The fourth-order valence-corrected chi connectivity index (χ4v) is 4.15. The second-order valence-corrected chi connectivity index (χ2v) is 6.75. The molecule has 1 N–H and O–H groups in total. The third kappa shape index (κ3) is 3.03. The van der Waals surface area contributed by atoms with Gasteiger partial charge in [-0.1, -0.05) is 23.8 Å². The number of rotatable bonds is 3. The lowest BCUT2D eigenvalue weighted by atomic mass is 9.67. The minimum absolute atomic E-state index is 0.0330. The van der Waals surface area contributed by atoms with Gasteiger partial charge in [0.05, 0.1) is 12.2 Å². The van der Waals surface area contributed by atoms with Gasteiger partial charge in [-0.3, -0.25) is 4.79 Å². The maximum atomic E-state index is 12.0. The quantitative estimate of drug-likeness (QED) is 0.862. The Bertz CT molecular complexity index is 676. The van der Waals surface area contributed by atoms with Gasteiger partial charge in [-0.15, -0.1) is 0 Å². The topological polar surface area (TPSA) is 63.6 Å². The first-order valence-corrected chi connectivity index (χ1v) is 8.76. The zero-order valence-electron chi connectivity index (χ0n) is 14.1. The molecule has 4 heteroatoms. The molecule has 4 nitrogen and oxygen atoms in total. The number of benzene rings is 1. The molecule has 2 atom stereocenters. The number of hydrogen-bond acceptors (Lipinski definition) is 4. The van der Waals surface area contributed by atoms with E-state index in [4.69, 9.17) is 4.74 Å². The number of carbonyl (C=O) groups excluding carboxylic acids is 2. The van der Waals surface area contributed by atoms with Crippen LogP contribution in [0.4, 0.5) is 0 Å². The largest absolute Gasteiger partial charge is 0.462 e. The van der Waals surface area contributed by atoms with Gasteiger partial charge in [0.25, 0.3) is 0 Å². The molecule has 1 aromatic carbocycles. The summed E-state index contributed by atoms with van der Waals surface area (Å²) in [6, 6.07) is 7.33. The van der Waals surface area contributed by atoms with Gasteiger partial charge >= 0.3 is 5.97 Å². The summed E-state index contributed by atoms with van der Waals surface area (Å²) in [4.78, 5) is 23.9. The molecule has 0 unspecified atom stereocenters. The molecule has 1 aromatic rings. The van der Waals surface area contributed by atoms with Gasteiger partial charge in [0.1, 0.15) is 6.10 Å². The van der Waals surface area contributed by atoms with Crippen LogP contribution in [0.25, 0.3) is 6.08 Å². The van der Waals surface area contributed by atoms with E-state index in [-0.39, 0.29) is 11.8 Å². The summed E-state index contributed by atoms with van der Waals surface area (Å²) in [7, 11) is 0. The highest BCUT2D eigenvalue weighted by molar-refractivity contribution is 5.90. The van der Waals surface area contributed by atoms with Gasteiger partial charge in [0.15, 0.2) is 5.78 Å². The SMILES string of the molecule is CCOC(=O)c1cccc(/C=C2\CCC[C@@]23CCCC(=O)[C@@H]3O)c1. The Kier molecular flexibility index (Phi) is 4.86. The molecule has 0 radical (unpaired) electrons. The molecule has 0 amide bonds. The fraction of sp³-hybridized carbons (Fsp3) is 0.500. The molecule has 0 aromatic heterocycles. The molecule has 2 saturated carbocycles. The van der Waals surface area contributed by atoms with Crippen LogP contribution in [0.15, 0.2) is 29.8 Å². The lowest BCUT2D eigenvalue weighted by molar-refractivity contribution is -0.136. The van der Waals surface area contributed by atoms with Gasteiger partial charge in [-0.2, -0.15) is 0 Å². The van der Waals surface area contributed by atoms with Crippen LogP contribution in [0.2, 0.25) is 0 Å². The highest BCUT2D eigenvalue weighted by Crippen LogP contribution is 2.52. The number of carbonyl (C=O) groups is 2. The molecule has 24 heavy (non-hydrogen) atoms. The van der Waals surface area contributed by atoms with E-state index in [0.717, 1.165) is 43.2 Å². The monoisotopic (exact) mass is 328 g/mol. The van der Waals surface area contributed by atoms with E-state index in [1.165, 1.54) is 0 Å². The highest BCUT2D eigenvalue weighted by atomic mass is 16.5. The lowest BCUT2D eigenvalue weighted by Crippen LogP contribution is -2.43. The molecular weight excluding hydrogens is 304 g/mol. The predicted octanol–water partition coefficient (Wildman–Crippen LogP) is 3.53. The average Bonchev–Trinajstić information content (AvgIpc) is 2.96. The predicted molar refractivity (Wildman–Crippen MR) is 91.5 cm³/mol. The zero-order valence-corrected chi connectivity index (χ0v) is 14.1. The van der Waals surface area contributed by atoms with Gasteiger partial charge < -0.3 is 9.84 Å². The van der Waals surface area contributed by atoms with Crippen LogP contribution in [0.5, 0.6) is 0 Å². The van der Waals surface area contributed by atoms with Crippen molar-refractivity contribution in [3.05, 3.63) is 41.0 Å². The molecule has 128 valence electrons. The van der Waals surface area contributed by atoms with Crippen LogP contribution < -0.4 is 0 Å². The molecule has 2 fully saturated rings. The molecule has 2 aliphatic carbocycles. The normalized spacial score (nSPS) is 28.5. The van der Waals surface area contributed by atoms with E-state index in [0.29, 0.717) is 18.6 Å². The second kappa shape index (κ2) is 6.89. The van der Waals surface area contributed by atoms with Crippen molar-refractivity contribution in [1.82, 2.24) is 0 Å². The van der Waals surface area contributed by atoms with E-state index >= 15 is 0 Å². The first kappa shape index (κ1) is 16.9. The van der Waals surface area contributed by atoms with Crippen molar-refractivity contribution < 1.29 is 19.4 Å². The number of aliphatic hydroxyl groups is 1. The van der Waals surface area contributed by atoms with Crippen LogP contribution in [0.1, 0.15) is 61.4 Å². The molecule has 0 bridgehead atoms. The smallest absolute Gasteiger partial charge is 0.338 e. The molecule has 0 aliphatic heterocycles. The van der Waals surface area contributed by atoms with Gasteiger partial charge in [-0.05, 0) is 56.7 Å². The summed E-state index contributed by atoms with van der Waals surface area (Å²) in [6.45, 7) is 2.13. The van der Waals surface area contributed by atoms with Crippen molar-refractivity contribution in [2.45, 2.75) is 51.6 Å². The van der Waals surface area contributed by atoms with Crippen LogP contribution in [0, 0.1) is 5.41 Å². The Balaban J connectivity index is 1.91. The Labute approximate surface area is 142 Å². The number of hydrogen-bond donors (Lipinski definition) is 1. The molecule has 0 saturated heterocycles. The Morgan fingerprint density at radius 1 is 1.33 bits per heavy atom. The molecule has 1 spiro atoms. The van der Waals surface area contributed by atoms with E-state index in [9.17, 15) is 14.7 Å². The molecule has 2 aliphatic rings. The number of aliphatic hydroxyl groups excluding tert-OH is 1. The van der Waals surface area contributed by atoms with Crippen molar-refractivity contribution in [3.8, 4) is 0 Å². The first-order chi connectivity index (χ1) is 11.6. The van der Waals surface area contributed by atoms with Gasteiger partial charge in [0, 0.05) is 11.8 Å². The van der Waals surface area contributed by atoms with Crippen molar-refractivity contribution in [2.24, 2.45) is 5.41 Å². The van der Waals surface area contributed by atoms with Crippen LogP contribution in [-0.4, -0.2) is 29.6 Å². The van der Waals surface area contributed by atoms with Crippen LogP contribution in [-0.2, 0) is 9.53 Å². The zero-order chi connectivity index (χ0) is 17.2. The molecule has 3 rings (SSSR count). The Morgan fingerprint density at radius 2 is 2.08 bits per heavy atom. The maximum absolute atomic E-state index is 12.0. The highest BCUT2D eigenvalue weighted by Gasteiger charge is 2.48. The summed E-state index contributed by atoms with van der Waals surface area (Å²) < 4.78 is 5.05. The van der Waals surface area contributed by atoms with Crippen molar-refractivity contribution in [1.29, 1.82) is 0 Å². The number of ketones is 1. The lowest BCUT2D eigenvalue weighted by Gasteiger charge is -2.38. The van der Waals surface area contributed by atoms with Crippen molar-refractivity contribution >= 4 is 17.8 Å². The van der Waals surface area contributed by atoms with E-state index in [2.05, 4.69) is 6.08 Å². The average molecular weight is 328 g/mol. The van der Waals surface area contributed by atoms with E-state index < -0.39 is 11.5 Å². The number of esters is 1. The minimum Gasteiger partial charge on any atom is -0.462 e. The van der Waals surface area contributed by atoms with Gasteiger partial charge in [-0.25, -0.2) is 4.79 Å². The van der Waals surface area contributed by atoms with Crippen molar-refractivity contribution in [3.63, 3.8) is 0 Å². The second-order valence-electron chi connectivity index (χ2n) is 6.75. The van der Waals surface area contributed by atoms with E-state index in [1.807, 2.05) is 18.2 Å². The number of ether oxygens (including phenoxy) is 1. The summed E-state index contributed by atoms with van der Waals surface area (Å²) in [5.41, 5.74) is 2.19. The Morgan fingerprint density at radius 3 is 2.83 bits per heavy atom. The van der Waals surface area contributed by atoms with Crippen LogP contribution in [0.3, 0.4) is 0 Å². The number of Topliss-reactive ketones (excluding diaryl/α,β-unsaturated/α-hetero) is 1. The standard InChI is InChI=1S/C20H24O4/c1-2-24-19(23)15-7-3-6-14(12-15)13-16-8-4-10-20(16)11-5-9-17(21)18(20)22/h3,6-7,12-13,18,22H,2,4-5,8-11H2,1H3/b16-13+/t18-,20+/m0/s1. The summed E-state index contributed by atoms with van der Waals surface area (Å²) in [6.07, 6.45) is 6.12. The first-order valence-electron chi connectivity index (χ1n) is 8.76. The molecular formula is C20H24O4. The summed E-state index contributed by atoms with van der Waals surface area (Å²) >= 11 is 0. The van der Waals surface area contributed by atoms with Gasteiger partial charge in [0.2, 0.25) is 0 Å². The van der Waals surface area contributed by atoms with Crippen LogP contribution >= 0.6 is 0 Å². The summed E-state index contributed by atoms with van der Waals surface area (Å²) in [5, 5.41) is 10.5. The van der Waals surface area contributed by atoms with Crippen molar-refractivity contribution in [2.75, 3.05) is 6.61 Å². The Hall–Kier alpha value is -1.94.